The Morgan fingerprint density at radius 3 is 2.31 bits per heavy atom. The quantitative estimate of drug-likeness (QED) is 0.0611. The Bertz CT molecular complexity index is 1750. The van der Waals surface area contributed by atoms with Gasteiger partial charge in [-0.2, -0.15) is 9.61 Å². The summed E-state index contributed by atoms with van der Waals surface area (Å²) in [4.78, 5) is 27.4. The Hall–Kier alpha value is -3.44. The van der Waals surface area contributed by atoms with Gasteiger partial charge in [-0.1, -0.05) is 52.6 Å². The zero-order chi connectivity index (χ0) is 37.3. The van der Waals surface area contributed by atoms with Crippen LogP contribution in [0.15, 0.2) is 42.7 Å². The van der Waals surface area contributed by atoms with Crippen LogP contribution in [0.1, 0.15) is 32.6 Å². The number of anilines is 2. The number of pyridine rings is 1. The first kappa shape index (κ1) is 39.8. The zero-order valence-electron chi connectivity index (χ0n) is 32.2. The molecule has 0 bridgehead atoms. The van der Waals surface area contributed by atoms with E-state index in [1.807, 2.05) is 17.0 Å². The fraction of sp³-hybridized carbons (Fsp3) is 0.579. The van der Waals surface area contributed by atoms with Crippen molar-refractivity contribution in [3.63, 3.8) is 0 Å². The topological polar surface area (TPSA) is 106 Å². The summed E-state index contributed by atoms with van der Waals surface area (Å²) in [5.41, 5.74) is 2.68. The number of hydrogen-bond donors (Lipinski definition) is 1. The van der Waals surface area contributed by atoms with Gasteiger partial charge in [-0.15, -0.1) is 0 Å². The molecule has 284 valence electrons. The zero-order valence-corrected chi connectivity index (χ0v) is 34.2. The number of benzene rings is 1. The van der Waals surface area contributed by atoms with Gasteiger partial charge in [0, 0.05) is 64.7 Å². The maximum Gasteiger partial charge on any atom is 0.415 e. The highest BCUT2D eigenvalue weighted by atomic mass is 28.3. The maximum atomic E-state index is 14.3. The molecule has 0 atom stereocenters. The summed E-state index contributed by atoms with van der Waals surface area (Å²) in [6.45, 7) is 20.6. The van der Waals surface area contributed by atoms with Crippen LogP contribution in [0.5, 0.6) is 0 Å². The van der Waals surface area contributed by atoms with Crippen molar-refractivity contribution < 1.29 is 23.4 Å². The highest BCUT2D eigenvalue weighted by Crippen LogP contribution is 2.32. The van der Waals surface area contributed by atoms with Gasteiger partial charge in [0.2, 0.25) is 0 Å². The lowest BCUT2D eigenvalue weighted by molar-refractivity contribution is 0.0942. The van der Waals surface area contributed by atoms with E-state index in [1.54, 1.807) is 27.9 Å². The number of piperidine rings is 1. The number of carbonyl (C=O) groups excluding carboxylic acids is 1. The van der Waals surface area contributed by atoms with Crippen LogP contribution >= 0.6 is 0 Å². The minimum absolute atomic E-state index is 0.275. The molecule has 14 heteroatoms. The second-order valence-corrected chi connectivity index (χ2v) is 27.6. The third kappa shape index (κ3) is 11.3. The summed E-state index contributed by atoms with van der Waals surface area (Å²) in [6, 6.07) is 10.4. The molecular formula is C38H58FN7O4Si2. The fourth-order valence-corrected chi connectivity index (χ4v) is 7.51. The number of aromatic nitrogens is 4. The normalized spacial score (nSPS) is 14.3. The molecule has 0 unspecified atom stereocenters. The molecule has 1 saturated heterocycles. The van der Waals surface area contributed by atoms with Gasteiger partial charge in [0.1, 0.15) is 30.9 Å². The molecule has 4 aromatic rings. The van der Waals surface area contributed by atoms with Crippen molar-refractivity contribution in [3.05, 3.63) is 48.5 Å². The molecule has 1 amide bonds. The Balaban J connectivity index is 1.61. The van der Waals surface area contributed by atoms with Crippen LogP contribution in [-0.2, 0) is 14.2 Å². The largest absolute Gasteiger partial charge is 0.449 e. The average molecular weight is 752 g/mol. The lowest BCUT2D eigenvalue weighted by Gasteiger charge is -2.30. The van der Waals surface area contributed by atoms with Crippen LogP contribution in [0, 0.1) is 11.7 Å². The first-order valence-corrected chi connectivity index (χ1v) is 26.2. The molecule has 0 spiro atoms. The van der Waals surface area contributed by atoms with Gasteiger partial charge < -0.3 is 24.4 Å². The molecule has 5 rings (SSSR count). The lowest BCUT2D eigenvalue weighted by atomic mass is 9.97. The second kappa shape index (κ2) is 18.1. The van der Waals surface area contributed by atoms with Crippen LogP contribution in [0.25, 0.3) is 27.7 Å². The molecule has 0 radical (unpaired) electrons. The van der Waals surface area contributed by atoms with Crippen molar-refractivity contribution in [1.82, 2.24) is 24.9 Å². The third-order valence-corrected chi connectivity index (χ3v) is 12.7. The first-order chi connectivity index (χ1) is 24.8. The van der Waals surface area contributed by atoms with Gasteiger partial charge in [-0.25, -0.2) is 14.2 Å². The number of carbonyl (C=O) groups is 1. The Morgan fingerprint density at radius 2 is 1.65 bits per heavy atom. The molecule has 1 N–H and O–H groups in total. The molecule has 4 heterocycles. The van der Waals surface area contributed by atoms with E-state index in [4.69, 9.17) is 24.3 Å². The van der Waals surface area contributed by atoms with Crippen LogP contribution in [0.2, 0.25) is 51.4 Å². The van der Waals surface area contributed by atoms with Crippen molar-refractivity contribution in [2.45, 2.75) is 84.0 Å². The molecule has 1 aliphatic heterocycles. The molecule has 1 aliphatic rings. The number of amides is 1. The molecule has 52 heavy (non-hydrogen) atoms. The van der Waals surface area contributed by atoms with E-state index in [1.165, 1.54) is 12.1 Å². The summed E-state index contributed by atoms with van der Waals surface area (Å²) in [5, 5.41) is 8.95. The third-order valence-electron chi connectivity index (χ3n) is 9.32. The summed E-state index contributed by atoms with van der Waals surface area (Å²) in [6.07, 6.45) is 6.70. The van der Waals surface area contributed by atoms with E-state index < -0.39 is 22.2 Å². The van der Waals surface area contributed by atoms with E-state index in [0.717, 1.165) is 56.4 Å². The van der Waals surface area contributed by atoms with Gasteiger partial charge >= 0.3 is 6.09 Å². The fourth-order valence-electron chi connectivity index (χ4n) is 5.99. The van der Waals surface area contributed by atoms with Crippen LogP contribution in [0.3, 0.4) is 0 Å². The SMILES string of the molecule is CCCCOC(=O)N(CC1CCNCC1)c1cc(N(COCC[Si](C)(C)C)COCC[Si](C)(C)C)n2ncc(-c3cnc4ccc(F)cc4c3)c2n1. The summed E-state index contributed by atoms with van der Waals surface area (Å²) in [7, 11) is -2.65. The highest BCUT2D eigenvalue weighted by molar-refractivity contribution is 6.76. The first-order valence-electron chi connectivity index (χ1n) is 18.8. The smallest absolute Gasteiger partial charge is 0.415 e. The molecular weight excluding hydrogens is 694 g/mol. The van der Waals surface area contributed by atoms with Gasteiger partial charge in [0.05, 0.1) is 18.3 Å². The van der Waals surface area contributed by atoms with Crippen molar-refractivity contribution in [1.29, 1.82) is 0 Å². The Labute approximate surface area is 310 Å². The van der Waals surface area contributed by atoms with Crippen molar-refractivity contribution in [3.8, 4) is 11.1 Å². The molecule has 3 aromatic heterocycles. The monoisotopic (exact) mass is 751 g/mol. The number of unbranched alkanes of at least 4 members (excludes halogenated alkanes) is 1. The van der Waals surface area contributed by atoms with Gasteiger partial charge in [0.25, 0.3) is 0 Å². The Kier molecular flexibility index (Phi) is 13.8. The van der Waals surface area contributed by atoms with Crippen molar-refractivity contribution >= 4 is 50.4 Å². The van der Waals surface area contributed by atoms with Gasteiger partial charge in [0.15, 0.2) is 5.65 Å². The number of ether oxygens (including phenoxy) is 3. The summed E-state index contributed by atoms with van der Waals surface area (Å²) in [5.74, 6) is 1.11. The van der Waals surface area contributed by atoms with E-state index in [0.29, 0.717) is 60.1 Å². The van der Waals surface area contributed by atoms with Crippen LogP contribution < -0.4 is 15.1 Å². The van der Waals surface area contributed by atoms with E-state index in [-0.39, 0.29) is 25.2 Å². The minimum Gasteiger partial charge on any atom is -0.449 e. The highest BCUT2D eigenvalue weighted by Gasteiger charge is 2.28. The molecule has 1 fully saturated rings. The number of halogens is 1. The minimum atomic E-state index is -1.32. The summed E-state index contributed by atoms with van der Waals surface area (Å²) >= 11 is 0. The number of fused-ring (bicyclic) bond motifs is 2. The molecule has 1 aromatic carbocycles. The van der Waals surface area contributed by atoms with Crippen LogP contribution in [0.4, 0.5) is 20.8 Å². The molecule has 11 nitrogen and oxygen atoms in total. The summed E-state index contributed by atoms with van der Waals surface area (Å²) < 4.78 is 34.6. The molecule has 0 saturated carbocycles. The standard InChI is InChI=1S/C38H58FN7O4Si2/c1-8-9-16-50-38(47)45(26-29-12-14-40-15-13-29)35-23-36(44(27-48-17-19-51(2,3)4)28-49-18-20-52(5,6)7)46-37(43-35)33(25-42-46)31-21-30-22-32(39)10-11-34(30)41-24-31/h10-11,21-25,29,40H,8-9,12-20,26-28H2,1-7H3. The predicted octanol–water partition coefficient (Wildman–Crippen LogP) is 8.26. The second-order valence-electron chi connectivity index (χ2n) is 16.3. The van der Waals surface area contributed by atoms with E-state index in [2.05, 4.69) is 56.5 Å². The van der Waals surface area contributed by atoms with Crippen molar-refractivity contribution in [2.75, 3.05) is 62.7 Å². The number of rotatable bonds is 18. The lowest BCUT2D eigenvalue weighted by Crippen LogP contribution is -2.40. The van der Waals surface area contributed by atoms with Crippen LogP contribution in [-0.4, -0.2) is 94.7 Å². The van der Waals surface area contributed by atoms with E-state index in [9.17, 15) is 9.18 Å². The maximum absolute atomic E-state index is 14.3. The average Bonchev–Trinajstić information content (AvgIpc) is 3.53. The van der Waals surface area contributed by atoms with Crippen molar-refractivity contribution in [2.24, 2.45) is 5.92 Å². The predicted molar refractivity (Wildman–Crippen MR) is 213 cm³/mol. The molecule has 0 aliphatic carbocycles. The van der Waals surface area contributed by atoms with E-state index >= 15 is 0 Å². The Morgan fingerprint density at radius 1 is 0.962 bits per heavy atom. The number of nitrogens with zero attached hydrogens (tertiary/aromatic N) is 6. The number of hydrogen-bond acceptors (Lipinski definition) is 9. The van der Waals surface area contributed by atoms with Gasteiger partial charge in [-0.05, 0) is 74.6 Å². The number of nitrogens with one attached hydrogen (secondary N) is 1. The van der Waals surface area contributed by atoms with Gasteiger partial charge in [-0.3, -0.25) is 9.88 Å².